The Balaban J connectivity index is 3.05. The van der Waals surface area contributed by atoms with Crippen LogP contribution in [0.1, 0.15) is 58.0 Å². The van der Waals surface area contributed by atoms with E-state index in [1.54, 1.807) is 11.3 Å². The van der Waals surface area contributed by atoms with Crippen LogP contribution in [0.2, 0.25) is 0 Å². The number of hydrogen-bond donors (Lipinski definition) is 1. The van der Waals surface area contributed by atoms with E-state index in [0.29, 0.717) is 12.0 Å². The molecule has 1 aromatic rings. The van der Waals surface area contributed by atoms with E-state index >= 15 is 0 Å². The summed E-state index contributed by atoms with van der Waals surface area (Å²) in [5.41, 5.74) is 1.06. The molecule has 0 fully saturated rings. The largest absolute Gasteiger partial charge is 0.391 e. The molecule has 19 heavy (non-hydrogen) atoms. The second kappa shape index (κ2) is 7.85. The topological polar surface area (TPSA) is 36.4 Å². The molecule has 0 amide bonds. The normalized spacial score (nSPS) is 11.6. The van der Waals surface area contributed by atoms with Crippen molar-refractivity contribution in [1.29, 1.82) is 0 Å². The van der Waals surface area contributed by atoms with Crippen molar-refractivity contribution in [2.45, 2.75) is 66.5 Å². The van der Waals surface area contributed by atoms with E-state index < -0.39 is 0 Å². The number of aromatic nitrogens is 1. The smallest absolute Gasteiger partial charge is 0.186 e. The third-order valence-electron chi connectivity index (χ3n) is 3.44. The van der Waals surface area contributed by atoms with E-state index in [0.717, 1.165) is 41.5 Å². The molecule has 0 spiro atoms. The first-order valence-corrected chi connectivity index (χ1v) is 8.24. The van der Waals surface area contributed by atoms with Crippen LogP contribution in [-0.2, 0) is 13.0 Å². The number of nitrogens with zero attached hydrogens (tertiary/aromatic N) is 2. The number of hydrogen-bond acceptors (Lipinski definition) is 4. The molecule has 0 saturated carbocycles. The van der Waals surface area contributed by atoms with Crippen LogP contribution in [0.4, 0.5) is 5.13 Å². The minimum absolute atomic E-state index is 0.110. The van der Waals surface area contributed by atoms with E-state index in [2.05, 4.69) is 39.5 Å². The van der Waals surface area contributed by atoms with Gasteiger partial charge in [-0.3, -0.25) is 0 Å². The standard InChI is InChI=1S/C15H28N2OS/c1-6-12(7-2)17(9-11(4)5)15-16-13(8-3)14(10-18)19-15/h11-12,18H,6-10H2,1-5H3. The number of thiazole rings is 1. The van der Waals surface area contributed by atoms with Crippen LogP contribution in [0.3, 0.4) is 0 Å². The molecule has 3 nitrogen and oxygen atoms in total. The molecule has 1 N–H and O–H groups in total. The van der Waals surface area contributed by atoms with Gasteiger partial charge in [-0.25, -0.2) is 4.98 Å². The lowest BCUT2D eigenvalue weighted by Crippen LogP contribution is -2.37. The van der Waals surface area contributed by atoms with Crippen LogP contribution in [0.5, 0.6) is 0 Å². The molecule has 0 aromatic carbocycles. The summed E-state index contributed by atoms with van der Waals surface area (Å²) in [4.78, 5) is 8.22. The molecule has 4 heteroatoms. The Morgan fingerprint density at radius 3 is 2.21 bits per heavy atom. The van der Waals surface area contributed by atoms with E-state index in [1.807, 2.05) is 0 Å². The molecule has 1 heterocycles. The summed E-state index contributed by atoms with van der Waals surface area (Å²) < 4.78 is 0. The zero-order chi connectivity index (χ0) is 14.4. The zero-order valence-corrected chi connectivity index (χ0v) is 13.8. The predicted octanol–water partition coefficient (Wildman–Crippen LogP) is 3.85. The van der Waals surface area contributed by atoms with Crippen molar-refractivity contribution in [3.8, 4) is 0 Å². The summed E-state index contributed by atoms with van der Waals surface area (Å²) in [6.45, 7) is 12.2. The molecule has 0 aliphatic rings. The SMILES string of the molecule is CCc1nc(N(CC(C)C)C(CC)CC)sc1CO. The molecule has 0 aliphatic carbocycles. The highest BCUT2D eigenvalue weighted by Gasteiger charge is 2.21. The number of rotatable bonds is 8. The van der Waals surface area contributed by atoms with Crippen molar-refractivity contribution in [2.24, 2.45) is 5.92 Å². The Hall–Kier alpha value is -0.610. The van der Waals surface area contributed by atoms with Crippen molar-refractivity contribution in [3.63, 3.8) is 0 Å². The fraction of sp³-hybridized carbons (Fsp3) is 0.800. The lowest BCUT2D eigenvalue weighted by atomic mass is 10.1. The van der Waals surface area contributed by atoms with Crippen molar-refractivity contribution < 1.29 is 5.11 Å². The number of anilines is 1. The van der Waals surface area contributed by atoms with Gasteiger partial charge in [0.15, 0.2) is 5.13 Å². The summed E-state index contributed by atoms with van der Waals surface area (Å²) >= 11 is 1.66. The molecule has 0 unspecified atom stereocenters. The molecule has 110 valence electrons. The second-order valence-corrected chi connectivity index (χ2v) is 6.46. The first kappa shape index (κ1) is 16.4. The van der Waals surface area contributed by atoms with E-state index in [9.17, 15) is 5.11 Å². The van der Waals surface area contributed by atoms with Gasteiger partial charge in [-0.1, -0.05) is 46.0 Å². The van der Waals surface area contributed by atoms with Gasteiger partial charge in [0.05, 0.1) is 17.2 Å². The average molecular weight is 284 g/mol. The highest BCUT2D eigenvalue weighted by atomic mass is 32.1. The highest BCUT2D eigenvalue weighted by molar-refractivity contribution is 7.15. The van der Waals surface area contributed by atoms with Gasteiger partial charge < -0.3 is 10.0 Å². The van der Waals surface area contributed by atoms with Crippen LogP contribution in [0.25, 0.3) is 0 Å². The summed E-state index contributed by atoms with van der Waals surface area (Å²) in [5, 5.41) is 10.5. The van der Waals surface area contributed by atoms with Crippen LogP contribution in [0.15, 0.2) is 0 Å². The van der Waals surface area contributed by atoms with E-state index in [-0.39, 0.29) is 6.61 Å². The zero-order valence-electron chi connectivity index (χ0n) is 12.9. The monoisotopic (exact) mass is 284 g/mol. The van der Waals surface area contributed by atoms with Crippen LogP contribution in [0, 0.1) is 5.92 Å². The van der Waals surface area contributed by atoms with Gasteiger partial charge in [0.25, 0.3) is 0 Å². The molecule has 0 aliphatic heterocycles. The van der Waals surface area contributed by atoms with Gasteiger partial charge in [0.1, 0.15) is 0 Å². The number of aliphatic hydroxyl groups is 1. The van der Waals surface area contributed by atoms with Gasteiger partial charge in [-0.2, -0.15) is 0 Å². The van der Waals surface area contributed by atoms with Crippen molar-refractivity contribution in [2.75, 3.05) is 11.4 Å². The van der Waals surface area contributed by atoms with Gasteiger partial charge in [-0.05, 0) is 25.2 Å². The molecule has 0 radical (unpaired) electrons. The maximum atomic E-state index is 9.43. The van der Waals surface area contributed by atoms with Crippen LogP contribution >= 0.6 is 11.3 Å². The molecule has 0 atom stereocenters. The molecule has 0 bridgehead atoms. The molecular formula is C15H28N2OS. The first-order chi connectivity index (χ1) is 9.07. The summed E-state index contributed by atoms with van der Waals surface area (Å²) in [6.07, 6.45) is 3.17. The van der Waals surface area contributed by atoms with E-state index in [1.165, 1.54) is 0 Å². The van der Waals surface area contributed by atoms with Gasteiger partial charge in [-0.15, -0.1) is 0 Å². The molecule has 0 saturated heterocycles. The third kappa shape index (κ3) is 4.18. The van der Waals surface area contributed by atoms with Gasteiger partial charge in [0.2, 0.25) is 0 Å². The Bertz CT molecular complexity index is 351. The summed E-state index contributed by atoms with van der Waals surface area (Å²) in [6, 6.07) is 0.546. The van der Waals surface area contributed by atoms with Crippen molar-refractivity contribution in [1.82, 2.24) is 4.98 Å². The quantitative estimate of drug-likeness (QED) is 0.787. The maximum Gasteiger partial charge on any atom is 0.186 e. The first-order valence-electron chi connectivity index (χ1n) is 7.43. The minimum atomic E-state index is 0.110. The number of aryl methyl sites for hydroxylation is 1. The highest BCUT2D eigenvalue weighted by Crippen LogP contribution is 2.30. The fourth-order valence-corrected chi connectivity index (χ4v) is 3.49. The van der Waals surface area contributed by atoms with Crippen molar-refractivity contribution in [3.05, 3.63) is 10.6 Å². The molecule has 1 aromatic heterocycles. The Kier molecular flexibility index (Phi) is 6.80. The summed E-state index contributed by atoms with van der Waals surface area (Å²) in [5.74, 6) is 0.618. The van der Waals surface area contributed by atoms with Gasteiger partial charge in [0, 0.05) is 12.6 Å². The Morgan fingerprint density at radius 1 is 1.21 bits per heavy atom. The Morgan fingerprint density at radius 2 is 1.84 bits per heavy atom. The average Bonchev–Trinajstić information content (AvgIpc) is 2.81. The van der Waals surface area contributed by atoms with E-state index in [4.69, 9.17) is 4.98 Å². The second-order valence-electron chi connectivity index (χ2n) is 5.39. The lowest BCUT2D eigenvalue weighted by Gasteiger charge is -2.31. The molecular weight excluding hydrogens is 256 g/mol. The minimum Gasteiger partial charge on any atom is -0.391 e. The van der Waals surface area contributed by atoms with Gasteiger partial charge >= 0.3 is 0 Å². The van der Waals surface area contributed by atoms with Crippen LogP contribution < -0.4 is 4.90 Å². The van der Waals surface area contributed by atoms with Crippen molar-refractivity contribution >= 4 is 16.5 Å². The Labute approximate surface area is 121 Å². The fourth-order valence-electron chi connectivity index (χ4n) is 2.40. The number of aliphatic hydroxyl groups excluding tert-OH is 1. The molecule has 1 rings (SSSR count). The maximum absolute atomic E-state index is 9.43. The van der Waals surface area contributed by atoms with Crippen LogP contribution in [-0.4, -0.2) is 22.7 Å². The lowest BCUT2D eigenvalue weighted by molar-refractivity contribution is 0.284. The summed E-state index contributed by atoms with van der Waals surface area (Å²) in [7, 11) is 0. The predicted molar refractivity (Wildman–Crippen MR) is 84.0 cm³/mol. The third-order valence-corrected chi connectivity index (χ3v) is 4.56.